The summed E-state index contributed by atoms with van der Waals surface area (Å²) in [6.45, 7) is 2.18. The summed E-state index contributed by atoms with van der Waals surface area (Å²) in [6.07, 6.45) is 4.68. The molecule has 1 aliphatic carbocycles. The van der Waals surface area contributed by atoms with Crippen molar-refractivity contribution in [2.45, 2.75) is 25.0 Å². The van der Waals surface area contributed by atoms with E-state index in [1.807, 2.05) is 0 Å². The first kappa shape index (κ1) is 7.16. The van der Waals surface area contributed by atoms with Crippen molar-refractivity contribution in [2.75, 3.05) is 7.11 Å². The van der Waals surface area contributed by atoms with Crippen LogP contribution in [0, 0.1) is 0 Å². The number of hydrogen-bond acceptors (Lipinski definition) is 2. The average molecular weight is 144 g/mol. The molecule has 0 fully saturated rings. The molecule has 1 aliphatic rings. The van der Waals surface area contributed by atoms with E-state index >= 15 is 0 Å². The molecule has 0 aromatic rings. The molecule has 0 heterocycles. The first-order valence-corrected chi connectivity index (χ1v) is 3.98. The zero-order valence-electron chi connectivity index (χ0n) is 5.89. The van der Waals surface area contributed by atoms with Crippen molar-refractivity contribution >= 4 is 12.0 Å². The van der Waals surface area contributed by atoms with Gasteiger partial charge in [-0.2, -0.15) is 0 Å². The van der Waals surface area contributed by atoms with Gasteiger partial charge >= 0.3 is 0 Å². The second-order valence-electron chi connectivity index (χ2n) is 2.38. The zero-order chi connectivity index (χ0) is 6.69. The van der Waals surface area contributed by atoms with Crippen LogP contribution in [0.4, 0.5) is 0 Å². The molecule has 0 aromatic carbocycles. The lowest BCUT2D eigenvalue weighted by Crippen LogP contribution is -1.94. The van der Waals surface area contributed by atoms with Crippen LogP contribution < -0.4 is 0 Å². The summed E-state index contributed by atoms with van der Waals surface area (Å²) in [5.41, 5.74) is 1.50. The van der Waals surface area contributed by atoms with Crippen LogP contribution in [0.3, 0.4) is 0 Å². The fraction of sp³-hybridized carbons (Fsp3) is 0.714. The van der Waals surface area contributed by atoms with Crippen molar-refractivity contribution in [3.05, 3.63) is 11.6 Å². The lowest BCUT2D eigenvalue weighted by Gasteiger charge is -2.04. The predicted octanol–water partition coefficient (Wildman–Crippen LogP) is 2.39. The standard InChI is InChI=1S/C7H12OS/c1-6-3-4-7(5-6)9-8-2/h3,7H,4-5H2,1-2H3. The van der Waals surface area contributed by atoms with E-state index in [1.54, 1.807) is 19.2 Å². The Labute approximate surface area is 60.7 Å². The van der Waals surface area contributed by atoms with Crippen molar-refractivity contribution in [3.63, 3.8) is 0 Å². The molecule has 0 aliphatic heterocycles. The highest BCUT2D eigenvalue weighted by Crippen LogP contribution is 2.28. The Kier molecular flexibility index (Phi) is 2.61. The van der Waals surface area contributed by atoms with E-state index in [0.29, 0.717) is 5.25 Å². The number of rotatable bonds is 2. The molecule has 1 rings (SSSR count). The van der Waals surface area contributed by atoms with Gasteiger partial charge in [-0.3, -0.25) is 0 Å². The molecular formula is C7H12OS. The molecule has 0 bridgehead atoms. The molecular weight excluding hydrogens is 132 g/mol. The minimum Gasteiger partial charge on any atom is -0.318 e. The zero-order valence-corrected chi connectivity index (χ0v) is 6.70. The Morgan fingerprint density at radius 2 is 2.56 bits per heavy atom. The molecule has 2 heteroatoms. The molecule has 52 valence electrons. The lowest BCUT2D eigenvalue weighted by molar-refractivity contribution is 0.483. The van der Waals surface area contributed by atoms with E-state index in [1.165, 1.54) is 18.4 Å². The highest BCUT2D eigenvalue weighted by molar-refractivity contribution is 7.95. The first-order valence-electron chi connectivity index (χ1n) is 3.18. The van der Waals surface area contributed by atoms with Crippen molar-refractivity contribution < 1.29 is 4.18 Å². The van der Waals surface area contributed by atoms with Gasteiger partial charge in [-0.15, -0.1) is 0 Å². The maximum absolute atomic E-state index is 4.96. The Morgan fingerprint density at radius 1 is 1.78 bits per heavy atom. The quantitative estimate of drug-likeness (QED) is 0.434. The van der Waals surface area contributed by atoms with E-state index in [4.69, 9.17) is 4.18 Å². The van der Waals surface area contributed by atoms with Gasteiger partial charge in [0.1, 0.15) is 0 Å². The van der Waals surface area contributed by atoms with Gasteiger partial charge in [0.2, 0.25) is 0 Å². The molecule has 0 amide bonds. The monoisotopic (exact) mass is 144 g/mol. The summed E-state index contributed by atoms with van der Waals surface area (Å²) < 4.78 is 4.96. The maximum atomic E-state index is 4.96. The van der Waals surface area contributed by atoms with Crippen molar-refractivity contribution in [1.82, 2.24) is 0 Å². The van der Waals surface area contributed by atoms with Gasteiger partial charge in [-0.25, -0.2) is 0 Å². The molecule has 0 spiro atoms. The molecule has 0 radical (unpaired) electrons. The fourth-order valence-electron chi connectivity index (χ4n) is 1.07. The van der Waals surface area contributed by atoms with Gasteiger partial charge in [-0.1, -0.05) is 11.6 Å². The van der Waals surface area contributed by atoms with Gasteiger partial charge in [0.15, 0.2) is 0 Å². The topological polar surface area (TPSA) is 9.23 Å². The molecule has 0 saturated carbocycles. The van der Waals surface area contributed by atoms with Crippen molar-refractivity contribution in [2.24, 2.45) is 0 Å². The Balaban J connectivity index is 2.21. The molecule has 1 nitrogen and oxygen atoms in total. The highest BCUT2D eigenvalue weighted by Gasteiger charge is 2.14. The van der Waals surface area contributed by atoms with E-state index in [9.17, 15) is 0 Å². The first-order chi connectivity index (χ1) is 4.33. The van der Waals surface area contributed by atoms with Crippen LogP contribution in [0.5, 0.6) is 0 Å². The van der Waals surface area contributed by atoms with Gasteiger partial charge in [0, 0.05) is 5.25 Å². The van der Waals surface area contributed by atoms with Crippen LogP contribution in [0.15, 0.2) is 11.6 Å². The second-order valence-corrected chi connectivity index (χ2v) is 3.57. The third-order valence-corrected chi connectivity index (χ3v) is 2.33. The Bertz CT molecular complexity index is 120. The minimum absolute atomic E-state index is 0.690. The molecule has 0 aromatic heterocycles. The smallest absolute Gasteiger partial charge is 0.0503 e. The van der Waals surface area contributed by atoms with E-state index in [2.05, 4.69) is 13.0 Å². The summed E-state index contributed by atoms with van der Waals surface area (Å²) in [6, 6.07) is 0. The van der Waals surface area contributed by atoms with Gasteiger partial charge < -0.3 is 4.18 Å². The van der Waals surface area contributed by atoms with Gasteiger partial charge in [-0.05, 0) is 31.8 Å². The second kappa shape index (κ2) is 3.28. The van der Waals surface area contributed by atoms with E-state index < -0.39 is 0 Å². The normalized spacial score (nSPS) is 26.4. The summed E-state index contributed by atoms with van der Waals surface area (Å²) in [5.74, 6) is 0. The Hall–Kier alpha value is 0.0500. The van der Waals surface area contributed by atoms with Crippen LogP contribution in [-0.2, 0) is 4.18 Å². The molecule has 0 N–H and O–H groups in total. The number of hydrogen-bond donors (Lipinski definition) is 0. The average Bonchev–Trinajstić information content (AvgIpc) is 2.17. The van der Waals surface area contributed by atoms with Crippen LogP contribution in [-0.4, -0.2) is 12.4 Å². The van der Waals surface area contributed by atoms with Gasteiger partial charge in [0.25, 0.3) is 0 Å². The van der Waals surface area contributed by atoms with Crippen LogP contribution in [0.25, 0.3) is 0 Å². The molecule has 9 heavy (non-hydrogen) atoms. The fourth-order valence-corrected chi connectivity index (χ4v) is 1.85. The van der Waals surface area contributed by atoms with Crippen LogP contribution in [0.2, 0.25) is 0 Å². The lowest BCUT2D eigenvalue weighted by atomic mass is 10.3. The third-order valence-electron chi connectivity index (χ3n) is 1.51. The summed E-state index contributed by atoms with van der Waals surface area (Å²) in [7, 11) is 1.73. The predicted molar refractivity (Wildman–Crippen MR) is 41.4 cm³/mol. The minimum atomic E-state index is 0.690. The molecule has 1 unspecified atom stereocenters. The van der Waals surface area contributed by atoms with E-state index in [-0.39, 0.29) is 0 Å². The summed E-state index contributed by atoms with van der Waals surface area (Å²) >= 11 is 1.59. The maximum Gasteiger partial charge on any atom is 0.0503 e. The Morgan fingerprint density at radius 3 is 3.00 bits per heavy atom. The summed E-state index contributed by atoms with van der Waals surface area (Å²) in [5, 5.41) is 0.690. The van der Waals surface area contributed by atoms with Crippen LogP contribution >= 0.6 is 12.0 Å². The van der Waals surface area contributed by atoms with Crippen molar-refractivity contribution in [3.8, 4) is 0 Å². The largest absolute Gasteiger partial charge is 0.318 e. The van der Waals surface area contributed by atoms with Gasteiger partial charge in [0.05, 0.1) is 7.11 Å². The highest BCUT2D eigenvalue weighted by atomic mass is 32.2. The SMILES string of the molecule is COSC1CC=C(C)C1. The third kappa shape index (κ3) is 2.03. The summed E-state index contributed by atoms with van der Waals surface area (Å²) in [4.78, 5) is 0. The van der Waals surface area contributed by atoms with Crippen molar-refractivity contribution in [1.29, 1.82) is 0 Å². The molecule has 1 atom stereocenters. The van der Waals surface area contributed by atoms with Crippen LogP contribution in [0.1, 0.15) is 19.8 Å². The van der Waals surface area contributed by atoms with E-state index in [0.717, 1.165) is 0 Å². The number of allylic oxidation sites excluding steroid dienone is 2. The molecule has 0 saturated heterocycles.